The van der Waals surface area contributed by atoms with Crippen LogP contribution in [0.3, 0.4) is 0 Å². The van der Waals surface area contributed by atoms with E-state index in [1.807, 2.05) is 0 Å². The van der Waals surface area contributed by atoms with Gasteiger partial charge in [-0.05, 0) is 49.4 Å². The summed E-state index contributed by atoms with van der Waals surface area (Å²) in [5, 5.41) is 0. The van der Waals surface area contributed by atoms with Gasteiger partial charge in [0.25, 0.3) is 5.91 Å². The van der Waals surface area contributed by atoms with Crippen LogP contribution in [0.15, 0.2) is 47.4 Å². The zero-order chi connectivity index (χ0) is 20.9. The van der Waals surface area contributed by atoms with Crippen LogP contribution in [0, 0.1) is 5.82 Å². The predicted octanol–water partition coefficient (Wildman–Crippen LogP) is 3.53. The first-order valence-electron chi connectivity index (χ1n) is 9.05. The van der Waals surface area contributed by atoms with Gasteiger partial charge in [0.15, 0.2) is 0 Å². The average molecular weight is 408 g/mol. The molecule has 0 bridgehead atoms. The lowest BCUT2D eigenvalue weighted by Gasteiger charge is -2.23. The quantitative estimate of drug-likeness (QED) is 0.670. The number of anilines is 1. The summed E-state index contributed by atoms with van der Waals surface area (Å²) in [7, 11) is -2.43. The Bertz CT molecular complexity index is 926. The molecule has 0 heterocycles. The van der Waals surface area contributed by atoms with Crippen molar-refractivity contribution < 1.29 is 22.3 Å². The molecule has 0 unspecified atom stereocenters. The fourth-order valence-corrected chi connectivity index (χ4v) is 4.57. The van der Waals surface area contributed by atoms with Gasteiger partial charge < -0.3 is 9.64 Å². The van der Waals surface area contributed by atoms with Gasteiger partial charge in [0.1, 0.15) is 16.5 Å². The van der Waals surface area contributed by atoms with E-state index in [2.05, 4.69) is 0 Å². The summed E-state index contributed by atoms with van der Waals surface area (Å²) in [4.78, 5) is 14.4. The number of hydrogen-bond acceptors (Lipinski definition) is 4. The maximum Gasteiger partial charge on any atom is 0.258 e. The van der Waals surface area contributed by atoms with E-state index < -0.39 is 15.8 Å². The molecule has 2 aromatic rings. The number of rotatable bonds is 8. The maximum atomic E-state index is 13.2. The van der Waals surface area contributed by atoms with Gasteiger partial charge in [-0.25, -0.2) is 12.8 Å². The van der Waals surface area contributed by atoms with Crippen LogP contribution >= 0.6 is 0 Å². The van der Waals surface area contributed by atoms with Crippen LogP contribution in [-0.4, -0.2) is 45.4 Å². The monoisotopic (exact) mass is 408 g/mol. The summed E-state index contributed by atoms with van der Waals surface area (Å²) in [5.41, 5.74) is 0.732. The van der Waals surface area contributed by atoms with Crippen molar-refractivity contribution in [3.05, 3.63) is 53.8 Å². The molecule has 0 aromatic heterocycles. The van der Waals surface area contributed by atoms with E-state index in [0.717, 1.165) is 0 Å². The first-order valence-corrected chi connectivity index (χ1v) is 10.5. The van der Waals surface area contributed by atoms with Gasteiger partial charge in [-0.15, -0.1) is 0 Å². The highest BCUT2D eigenvalue weighted by molar-refractivity contribution is 7.89. The molecule has 0 aliphatic carbocycles. The third kappa shape index (κ3) is 4.34. The molecule has 152 valence electrons. The molecule has 0 N–H and O–H groups in total. The molecule has 0 saturated heterocycles. The van der Waals surface area contributed by atoms with Gasteiger partial charge >= 0.3 is 0 Å². The second-order valence-corrected chi connectivity index (χ2v) is 7.89. The zero-order valence-corrected chi connectivity index (χ0v) is 17.3. The smallest absolute Gasteiger partial charge is 0.258 e. The van der Waals surface area contributed by atoms with E-state index in [9.17, 15) is 17.6 Å². The van der Waals surface area contributed by atoms with Crippen molar-refractivity contribution in [1.29, 1.82) is 0 Å². The minimum absolute atomic E-state index is 0.0558. The second kappa shape index (κ2) is 9.16. The van der Waals surface area contributed by atoms with Crippen molar-refractivity contribution in [3.63, 3.8) is 0 Å². The molecule has 0 radical (unpaired) electrons. The summed E-state index contributed by atoms with van der Waals surface area (Å²) in [6.07, 6.45) is 0. The number of halogens is 1. The first-order chi connectivity index (χ1) is 13.3. The summed E-state index contributed by atoms with van der Waals surface area (Å²) in [6.45, 7) is 6.23. The number of methoxy groups -OCH3 is 1. The highest BCUT2D eigenvalue weighted by atomic mass is 32.2. The van der Waals surface area contributed by atoms with Gasteiger partial charge in [-0.1, -0.05) is 13.8 Å². The zero-order valence-electron chi connectivity index (χ0n) is 16.5. The largest absolute Gasteiger partial charge is 0.495 e. The fraction of sp³-hybridized carbons (Fsp3) is 0.350. The van der Waals surface area contributed by atoms with E-state index in [1.165, 1.54) is 58.8 Å². The number of ether oxygens (including phenoxy) is 1. The van der Waals surface area contributed by atoms with Gasteiger partial charge in [-0.2, -0.15) is 4.31 Å². The number of amides is 1. The highest BCUT2D eigenvalue weighted by Crippen LogP contribution is 2.29. The number of carbonyl (C=O) groups excluding carboxylic acids is 1. The van der Waals surface area contributed by atoms with Crippen molar-refractivity contribution in [3.8, 4) is 5.75 Å². The first kappa shape index (κ1) is 21.8. The van der Waals surface area contributed by atoms with Crippen molar-refractivity contribution in [2.75, 3.05) is 31.6 Å². The minimum Gasteiger partial charge on any atom is -0.495 e. The van der Waals surface area contributed by atoms with Gasteiger partial charge in [0.2, 0.25) is 10.0 Å². The Morgan fingerprint density at radius 2 is 1.61 bits per heavy atom. The molecule has 2 rings (SSSR count). The lowest BCUT2D eigenvalue weighted by molar-refractivity contribution is 0.0988. The fourth-order valence-electron chi connectivity index (χ4n) is 2.93. The van der Waals surface area contributed by atoms with E-state index in [0.29, 0.717) is 25.3 Å². The van der Waals surface area contributed by atoms with E-state index in [1.54, 1.807) is 20.8 Å². The molecular weight excluding hydrogens is 383 g/mol. The van der Waals surface area contributed by atoms with Crippen LogP contribution < -0.4 is 9.64 Å². The van der Waals surface area contributed by atoms with E-state index >= 15 is 0 Å². The average Bonchev–Trinajstić information content (AvgIpc) is 2.70. The molecule has 2 aromatic carbocycles. The second-order valence-electron chi connectivity index (χ2n) is 5.98. The number of nitrogens with zero attached hydrogens (tertiary/aromatic N) is 2. The number of hydrogen-bond donors (Lipinski definition) is 0. The molecule has 0 spiro atoms. The molecule has 0 aliphatic heterocycles. The summed E-state index contributed by atoms with van der Waals surface area (Å²) in [6, 6.07) is 9.89. The third-order valence-corrected chi connectivity index (χ3v) is 6.50. The SMILES string of the molecule is CCN(C(=O)c1ccc(OC)c(S(=O)(=O)N(CC)CC)c1)c1ccc(F)cc1. The molecule has 0 atom stereocenters. The van der Waals surface area contributed by atoms with Gasteiger partial charge in [0.05, 0.1) is 7.11 Å². The van der Waals surface area contributed by atoms with Crippen molar-refractivity contribution in [2.45, 2.75) is 25.7 Å². The Labute approximate surface area is 165 Å². The Hall–Kier alpha value is -2.45. The standard InChI is InChI=1S/C20H25FN2O4S/c1-5-22(6-2)28(25,26)19-14-15(8-13-18(19)27-4)20(24)23(7-3)17-11-9-16(21)10-12-17/h8-14H,5-7H2,1-4H3. The lowest BCUT2D eigenvalue weighted by atomic mass is 10.1. The molecule has 28 heavy (non-hydrogen) atoms. The van der Waals surface area contributed by atoms with Crippen molar-refractivity contribution >= 4 is 21.6 Å². The molecule has 6 nitrogen and oxygen atoms in total. The normalized spacial score (nSPS) is 11.5. The number of sulfonamides is 1. The summed E-state index contributed by atoms with van der Waals surface area (Å²) < 4.78 is 45.7. The summed E-state index contributed by atoms with van der Waals surface area (Å²) in [5.74, 6) is -0.606. The van der Waals surface area contributed by atoms with Gasteiger partial charge in [-0.3, -0.25) is 4.79 Å². The van der Waals surface area contributed by atoms with Crippen LogP contribution in [0.1, 0.15) is 31.1 Å². The van der Waals surface area contributed by atoms with Crippen LogP contribution in [0.4, 0.5) is 10.1 Å². The van der Waals surface area contributed by atoms with Crippen molar-refractivity contribution in [2.24, 2.45) is 0 Å². The van der Waals surface area contributed by atoms with Crippen molar-refractivity contribution in [1.82, 2.24) is 4.31 Å². The van der Waals surface area contributed by atoms with Crippen LogP contribution in [0.5, 0.6) is 5.75 Å². The Morgan fingerprint density at radius 1 is 1.00 bits per heavy atom. The summed E-state index contributed by atoms with van der Waals surface area (Å²) >= 11 is 0. The minimum atomic E-state index is -3.81. The third-order valence-electron chi connectivity index (χ3n) is 4.43. The maximum absolute atomic E-state index is 13.2. The molecule has 1 amide bonds. The van der Waals surface area contributed by atoms with Crippen LogP contribution in [0.2, 0.25) is 0 Å². The lowest BCUT2D eigenvalue weighted by Crippen LogP contribution is -2.32. The molecular formula is C20H25FN2O4S. The highest BCUT2D eigenvalue weighted by Gasteiger charge is 2.27. The van der Waals surface area contributed by atoms with Gasteiger partial charge in [0, 0.05) is 30.9 Å². The predicted molar refractivity (Wildman–Crippen MR) is 107 cm³/mol. The molecule has 0 fully saturated rings. The Morgan fingerprint density at radius 3 is 2.11 bits per heavy atom. The topological polar surface area (TPSA) is 66.9 Å². The number of carbonyl (C=O) groups is 1. The molecule has 0 aliphatic rings. The molecule has 0 saturated carbocycles. The molecule has 8 heteroatoms. The Kier molecular flexibility index (Phi) is 7.15. The Balaban J connectivity index is 2.51. The van der Waals surface area contributed by atoms with E-state index in [4.69, 9.17) is 4.74 Å². The number of benzene rings is 2. The van der Waals surface area contributed by atoms with Crippen LogP contribution in [0.25, 0.3) is 0 Å². The van der Waals surface area contributed by atoms with E-state index in [-0.39, 0.29) is 22.1 Å². The van der Waals surface area contributed by atoms with Crippen LogP contribution in [-0.2, 0) is 10.0 Å².